The fourth-order valence-electron chi connectivity index (χ4n) is 3.90. The number of carbonyl (C=O) groups excluding carboxylic acids is 2. The van der Waals surface area contributed by atoms with Gasteiger partial charge in [0.15, 0.2) is 5.69 Å². The van der Waals surface area contributed by atoms with E-state index in [1.54, 1.807) is 0 Å². The molecule has 2 amide bonds. The maximum atomic E-state index is 14.1. The van der Waals surface area contributed by atoms with Crippen LogP contribution >= 0.6 is 11.3 Å². The Kier molecular flexibility index (Phi) is 7.49. The zero-order valence-corrected chi connectivity index (χ0v) is 19.7. The van der Waals surface area contributed by atoms with Crippen LogP contribution in [0.4, 0.5) is 19.5 Å². The minimum absolute atomic E-state index is 0.00292. The molecule has 1 saturated carbocycles. The Balaban J connectivity index is 1.45. The van der Waals surface area contributed by atoms with E-state index in [4.69, 9.17) is 10.5 Å². The summed E-state index contributed by atoms with van der Waals surface area (Å²) in [6.07, 6.45) is 5.20. The van der Waals surface area contributed by atoms with Crippen molar-refractivity contribution in [3.05, 3.63) is 48.1 Å². The van der Waals surface area contributed by atoms with E-state index < -0.39 is 17.5 Å². The van der Waals surface area contributed by atoms with Gasteiger partial charge in [-0.1, -0.05) is 17.4 Å². The van der Waals surface area contributed by atoms with Gasteiger partial charge in [-0.25, -0.2) is 18.7 Å². The quantitative estimate of drug-likeness (QED) is 0.448. The Morgan fingerprint density at radius 3 is 2.60 bits per heavy atom. The summed E-state index contributed by atoms with van der Waals surface area (Å²) in [6, 6.07) is 3.44. The number of hydrogen-bond donors (Lipinski definition) is 3. The van der Waals surface area contributed by atoms with Gasteiger partial charge in [-0.15, -0.1) is 0 Å². The van der Waals surface area contributed by atoms with Crippen LogP contribution in [-0.2, 0) is 4.79 Å². The minimum Gasteiger partial charge on any atom is -0.473 e. The predicted octanol–water partition coefficient (Wildman–Crippen LogP) is 3.79. The van der Waals surface area contributed by atoms with Gasteiger partial charge in [-0.3, -0.25) is 9.59 Å². The summed E-state index contributed by atoms with van der Waals surface area (Å²) in [6.45, 7) is 2.48. The Bertz CT molecular complexity index is 1210. The molecular formula is C23H24F2N6O3S. The van der Waals surface area contributed by atoms with Crippen LogP contribution in [0, 0.1) is 17.6 Å². The van der Waals surface area contributed by atoms with Gasteiger partial charge in [0.25, 0.3) is 5.91 Å². The number of aromatic nitrogens is 3. The molecule has 0 spiro atoms. The number of anilines is 2. The van der Waals surface area contributed by atoms with E-state index in [9.17, 15) is 18.4 Å². The molecule has 4 N–H and O–H groups in total. The van der Waals surface area contributed by atoms with Gasteiger partial charge in [0, 0.05) is 12.5 Å². The number of nitrogens with two attached hydrogens (primary N) is 1. The molecule has 0 bridgehead atoms. The molecular weight excluding hydrogens is 478 g/mol. The van der Waals surface area contributed by atoms with Crippen LogP contribution in [0.1, 0.15) is 43.1 Å². The maximum absolute atomic E-state index is 14.1. The van der Waals surface area contributed by atoms with E-state index in [0.29, 0.717) is 32.2 Å². The first-order valence-electron chi connectivity index (χ1n) is 11.1. The van der Waals surface area contributed by atoms with Crippen LogP contribution in [0.5, 0.6) is 5.88 Å². The maximum Gasteiger partial charge on any atom is 0.277 e. The van der Waals surface area contributed by atoms with Gasteiger partial charge in [-0.2, -0.15) is 4.98 Å². The van der Waals surface area contributed by atoms with Crippen LogP contribution in [-0.4, -0.2) is 39.4 Å². The second-order valence-corrected chi connectivity index (χ2v) is 9.04. The molecule has 1 aromatic carbocycles. The SMILES string of the molecule is CCNC(=O)C1CCC(Oc2ncncc2NC(=O)c2nc(-c3c(F)cccc3F)sc2N)CC1. The molecule has 2 heterocycles. The lowest BCUT2D eigenvalue weighted by atomic mass is 9.87. The van der Waals surface area contributed by atoms with Gasteiger partial charge in [0.1, 0.15) is 39.8 Å². The van der Waals surface area contributed by atoms with Gasteiger partial charge >= 0.3 is 0 Å². The minimum atomic E-state index is -0.806. The highest BCUT2D eigenvalue weighted by molar-refractivity contribution is 7.19. The number of rotatable bonds is 7. The average molecular weight is 503 g/mol. The molecule has 2 aromatic heterocycles. The molecule has 0 aliphatic heterocycles. The molecule has 4 rings (SSSR count). The van der Waals surface area contributed by atoms with Crippen molar-refractivity contribution in [2.45, 2.75) is 38.7 Å². The average Bonchev–Trinajstić information content (AvgIpc) is 3.22. The molecule has 0 saturated heterocycles. The van der Waals surface area contributed by atoms with Crippen molar-refractivity contribution in [2.75, 3.05) is 17.6 Å². The number of amides is 2. The van der Waals surface area contributed by atoms with E-state index in [1.165, 1.54) is 18.6 Å². The molecule has 0 unspecified atom stereocenters. The molecule has 0 atom stereocenters. The number of carbonyl (C=O) groups is 2. The number of benzene rings is 1. The van der Waals surface area contributed by atoms with Crippen LogP contribution in [0.3, 0.4) is 0 Å². The molecule has 0 radical (unpaired) electrons. The first-order chi connectivity index (χ1) is 16.9. The summed E-state index contributed by atoms with van der Waals surface area (Å²) in [4.78, 5) is 37.1. The molecule has 9 nitrogen and oxygen atoms in total. The van der Waals surface area contributed by atoms with Gasteiger partial charge in [0.05, 0.1) is 11.8 Å². The van der Waals surface area contributed by atoms with Crippen molar-refractivity contribution in [3.63, 3.8) is 0 Å². The van der Waals surface area contributed by atoms with Crippen molar-refractivity contribution in [1.82, 2.24) is 20.3 Å². The molecule has 184 valence electrons. The lowest BCUT2D eigenvalue weighted by Gasteiger charge is -2.28. The number of ether oxygens (including phenoxy) is 1. The molecule has 3 aromatic rings. The summed E-state index contributed by atoms with van der Waals surface area (Å²) in [7, 11) is 0. The highest BCUT2D eigenvalue weighted by atomic mass is 32.1. The van der Waals surface area contributed by atoms with E-state index >= 15 is 0 Å². The number of nitrogens with zero attached hydrogens (tertiary/aromatic N) is 3. The Morgan fingerprint density at radius 2 is 1.91 bits per heavy atom. The van der Waals surface area contributed by atoms with Crippen LogP contribution < -0.4 is 21.1 Å². The Labute approximate surface area is 204 Å². The van der Waals surface area contributed by atoms with Gasteiger partial charge in [-0.05, 0) is 44.7 Å². The van der Waals surface area contributed by atoms with Crippen molar-refractivity contribution in [2.24, 2.45) is 5.92 Å². The van der Waals surface area contributed by atoms with Crippen molar-refractivity contribution in [1.29, 1.82) is 0 Å². The molecule has 1 aliphatic rings. The number of nitrogen functional groups attached to an aromatic ring is 1. The summed E-state index contributed by atoms with van der Waals surface area (Å²) in [5.74, 6) is -2.12. The molecule has 1 fully saturated rings. The van der Waals surface area contributed by atoms with E-state index in [2.05, 4.69) is 25.6 Å². The first-order valence-corrected chi connectivity index (χ1v) is 11.9. The highest BCUT2D eigenvalue weighted by Gasteiger charge is 2.28. The van der Waals surface area contributed by atoms with E-state index in [1.807, 2.05) is 6.92 Å². The summed E-state index contributed by atoms with van der Waals surface area (Å²) in [5.41, 5.74) is 5.61. The largest absolute Gasteiger partial charge is 0.473 e. The number of halogens is 2. The highest BCUT2D eigenvalue weighted by Crippen LogP contribution is 2.34. The fourth-order valence-corrected chi connectivity index (χ4v) is 4.78. The Hall–Kier alpha value is -3.67. The number of hydrogen-bond acceptors (Lipinski definition) is 8. The summed E-state index contributed by atoms with van der Waals surface area (Å²) in [5, 5.41) is 5.42. The van der Waals surface area contributed by atoms with Crippen molar-refractivity contribution in [3.8, 4) is 16.5 Å². The van der Waals surface area contributed by atoms with Crippen LogP contribution in [0.25, 0.3) is 10.6 Å². The Morgan fingerprint density at radius 1 is 1.20 bits per heavy atom. The molecule has 12 heteroatoms. The topological polar surface area (TPSA) is 132 Å². The van der Waals surface area contributed by atoms with E-state index in [0.717, 1.165) is 23.5 Å². The monoisotopic (exact) mass is 502 g/mol. The van der Waals surface area contributed by atoms with Crippen molar-refractivity contribution < 1.29 is 23.1 Å². The van der Waals surface area contributed by atoms with Crippen LogP contribution in [0.2, 0.25) is 0 Å². The zero-order valence-electron chi connectivity index (χ0n) is 18.9. The lowest BCUT2D eigenvalue weighted by molar-refractivity contribution is -0.126. The third kappa shape index (κ3) is 5.53. The zero-order chi connectivity index (χ0) is 24.9. The number of thiazole rings is 1. The van der Waals surface area contributed by atoms with Gasteiger partial charge < -0.3 is 21.1 Å². The van der Waals surface area contributed by atoms with Crippen molar-refractivity contribution >= 4 is 33.8 Å². The third-order valence-electron chi connectivity index (χ3n) is 5.64. The standard InChI is InChI=1S/C23H24F2N6O3S/c1-2-28-20(32)12-6-8-13(9-7-12)34-22-16(10-27-11-29-22)30-21(33)18-19(26)35-23(31-18)17-14(24)4-3-5-15(17)25/h3-5,10-13H,2,6-9,26H2,1H3,(H,28,32)(H,30,33). The van der Waals surface area contributed by atoms with Gasteiger partial charge in [0.2, 0.25) is 11.8 Å². The fraction of sp³-hybridized carbons (Fsp3) is 0.348. The van der Waals surface area contributed by atoms with E-state index in [-0.39, 0.29) is 50.8 Å². The third-order valence-corrected chi connectivity index (χ3v) is 6.55. The summed E-state index contributed by atoms with van der Waals surface area (Å²) >= 11 is 0.804. The lowest BCUT2D eigenvalue weighted by Crippen LogP contribution is -2.35. The normalized spacial score (nSPS) is 17.6. The smallest absolute Gasteiger partial charge is 0.277 e. The summed E-state index contributed by atoms with van der Waals surface area (Å²) < 4.78 is 34.3. The molecule has 35 heavy (non-hydrogen) atoms. The predicted molar refractivity (Wildman–Crippen MR) is 127 cm³/mol. The van der Waals surface area contributed by atoms with Crippen LogP contribution in [0.15, 0.2) is 30.7 Å². The second-order valence-electron chi connectivity index (χ2n) is 8.01. The number of nitrogens with one attached hydrogen (secondary N) is 2. The first kappa shape index (κ1) is 24.5. The second kappa shape index (κ2) is 10.7. The molecule has 1 aliphatic carbocycles.